The Balaban J connectivity index is 1.38. The molecule has 1 unspecified atom stereocenters. The van der Waals surface area contributed by atoms with Gasteiger partial charge >= 0.3 is 0 Å². The first kappa shape index (κ1) is 19.6. The molecule has 1 saturated heterocycles. The first-order valence-corrected chi connectivity index (χ1v) is 10.2. The number of hydrogen-bond acceptors (Lipinski definition) is 6. The van der Waals surface area contributed by atoms with E-state index in [9.17, 15) is 10.1 Å². The first-order chi connectivity index (χ1) is 14.2. The minimum Gasteiger partial charge on any atom is -0.376 e. The molecule has 150 valence electrons. The number of fused-ring (bicyclic) bond motifs is 1. The van der Waals surface area contributed by atoms with E-state index >= 15 is 0 Å². The fourth-order valence-electron chi connectivity index (χ4n) is 3.85. The van der Waals surface area contributed by atoms with Gasteiger partial charge in [0.1, 0.15) is 11.9 Å². The molecule has 2 aliphatic rings. The van der Waals surface area contributed by atoms with Crippen LogP contribution in [0.5, 0.6) is 0 Å². The standard InChI is InChI=1S/C23H25N3O3/c24-12-18-11-20-21(7-2-8-22(20)27)26-23(18)25-13-16-4-1-5-17(10-16)14-28-15-19-6-3-9-29-19/h1,4-5,10-11,19H,2-3,6-9,13-15H2,(H,25,26). The molecule has 6 nitrogen and oxygen atoms in total. The van der Waals surface area contributed by atoms with Gasteiger partial charge in [0.05, 0.1) is 30.6 Å². The van der Waals surface area contributed by atoms with E-state index in [-0.39, 0.29) is 11.9 Å². The lowest BCUT2D eigenvalue weighted by Crippen LogP contribution is -2.15. The van der Waals surface area contributed by atoms with E-state index in [1.807, 2.05) is 18.2 Å². The van der Waals surface area contributed by atoms with Crippen LogP contribution in [0.3, 0.4) is 0 Å². The van der Waals surface area contributed by atoms with Crippen molar-refractivity contribution in [3.8, 4) is 6.07 Å². The average molecular weight is 391 g/mol. The molecule has 2 aromatic rings. The van der Waals surface area contributed by atoms with E-state index in [1.54, 1.807) is 6.07 Å². The number of anilines is 1. The Hall–Kier alpha value is -2.75. The van der Waals surface area contributed by atoms with Gasteiger partial charge in [-0.2, -0.15) is 5.26 Å². The van der Waals surface area contributed by atoms with Gasteiger partial charge in [0.2, 0.25) is 0 Å². The van der Waals surface area contributed by atoms with Gasteiger partial charge in [-0.25, -0.2) is 4.98 Å². The minimum atomic E-state index is 0.0810. The van der Waals surface area contributed by atoms with Gasteiger partial charge in [-0.1, -0.05) is 24.3 Å². The molecular formula is C23H25N3O3. The molecule has 0 amide bonds. The van der Waals surface area contributed by atoms with Crippen molar-refractivity contribution in [1.82, 2.24) is 4.98 Å². The molecule has 1 aromatic carbocycles. The third kappa shape index (κ3) is 4.81. The number of nitriles is 1. The quantitative estimate of drug-likeness (QED) is 0.773. The lowest BCUT2D eigenvalue weighted by Gasteiger charge is -2.16. The van der Waals surface area contributed by atoms with Gasteiger partial charge in [-0.3, -0.25) is 4.79 Å². The zero-order valence-corrected chi connectivity index (χ0v) is 16.4. The van der Waals surface area contributed by atoms with Gasteiger partial charge < -0.3 is 14.8 Å². The van der Waals surface area contributed by atoms with Crippen LogP contribution in [-0.4, -0.2) is 30.1 Å². The second-order valence-electron chi connectivity index (χ2n) is 7.59. The summed E-state index contributed by atoms with van der Waals surface area (Å²) >= 11 is 0. The van der Waals surface area contributed by atoms with Gasteiger partial charge in [0.15, 0.2) is 5.78 Å². The number of aromatic nitrogens is 1. The summed E-state index contributed by atoms with van der Waals surface area (Å²) in [6, 6.07) is 12.0. The van der Waals surface area contributed by atoms with Gasteiger partial charge in [-0.05, 0) is 42.9 Å². The molecule has 4 rings (SSSR count). The number of Topliss-reactive ketones (excluding diaryl/α,β-unsaturated/α-hetero) is 1. The van der Waals surface area contributed by atoms with Crippen molar-refractivity contribution < 1.29 is 14.3 Å². The molecule has 6 heteroatoms. The maximum atomic E-state index is 12.1. The second kappa shape index (κ2) is 9.17. The van der Waals surface area contributed by atoms with Crippen LogP contribution < -0.4 is 5.32 Å². The van der Waals surface area contributed by atoms with E-state index in [2.05, 4.69) is 22.4 Å². The van der Waals surface area contributed by atoms with Crippen molar-refractivity contribution in [3.63, 3.8) is 0 Å². The third-order valence-corrected chi connectivity index (χ3v) is 5.39. The predicted molar refractivity (Wildman–Crippen MR) is 109 cm³/mol. The average Bonchev–Trinajstić information content (AvgIpc) is 3.26. The second-order valence-corrected chi connectivity index (χ2v) is 7.59. The summed E-state index contributed by atoms with van der Waals surface area (Å²) in [5.41, 5.74) is 3.99. The highest BCUT2D eigenvalue weighted by Crippen LogP contribution is 2.25. The van der Waals surface area contributed by atoms with Crippen molar-refractivity contribution in [2.45, 2.75) is 51.4 Å². The van der Waals surface area contributed by atoms with Gasteiger partial charge in [0, 0.05) is 25.1 Å². The topological polar surface area (TPSA) is 84.2 Å². The van der Waals surface area contributed by atoms with Gasteiger partial charge in [0.25, 0.3) is 0 Å². The Morgan fingerprint density at radius 3 is 2.97 bits per heavy atom. The Labute approximate surface area is 170 Å². The van der Waals surface area contributed by atoms with Crippen molar-refractivity contribution >= 4 is 11.6 Å². The third-order valence-electron chi connectivity index (χ3n) is 5.39. The van der Waals surface area contributed by atoms with Crippen LogP contribution in [0.4, 0.5) is 5.82 Å². The molecule has 1 fully saturated rings. The highest BCUT2D eigenvalue weighted by molar-refractivity contribution is 5.98. The van der Waals surface area contributed by atoms with E-state index in [1.165, 1.54) is 0 Å². The van der Waals surface area contributed by atoms with Crippen molar-refractivity contribution in [1.29, 1.82) is 5.26 Å². The molecule has 0 bridgehead atoms. The fourth-order valence-corrected chi connectivity index (χ4v) is 3.85. The molecule has 1 aliphatic carbocycles. The first-order valence-electron chi connectivity index (χ1n) is 10.2. The molecule has 29 heavy (non-hydrogen) atoms. The molecule has 2 heterocycles. The highest BCUT2D eigenvalue weighted by atomic mass is 16.5. The molecule has 1 aromatic heterocycles. The van der Waals surface area contributed by atoms with Crippen molar-refractivity contribution in [3.05, 3.63) is 58.3 Å². The summed E-state index contributed by atoms with van der Waals surface area (Å²) in [6.07, 6.45) is 4.55. The number of nitrogens with zero attached hydrogens (tertiary/aromatic N) is 2. The monoisotopic (exact) mass is 391 g/mol. The lowest BCUT2D eigenvalue weighted by molar-refractivity contribution is 0.0106. The number of nitrogens with one attached hydrogen (secondary N) is 1. The smallest absolute Gasteiger partial charge is 0.164 e. The fraction of sp³-hybridized carbons (Fsp3) is 0.435. The van der Waals surface area contributed by atoms with E-state index in [4.69, 9.17) is 9.47 Å². The van der Waals surface area contributed by atoms with Crippen LogP contribution in [0, 0.1) is 11.3 Å². The van der Waals surface area contributed by atoms with Crippen LogP contribution >= 0.6 is 0 Å². The van der Waals surface area contributed by atoms with Crippen LogP contribution in [0.2, 0.25) is 0 Å². The summed E-state index contributed by atoms with van der Waals surface area (Å²) in [4.78, 5) is 16.6. The van der Waals surface area contributed by atoms with Crippen LogP contribution in [0.1, 0.15) is 58.4 Å². The van der Waals surface area contributed by atoms with Crippen LogP contribution in [0.25, 0.3) is 0 Å². The van der Waals surface area contributed by atoms with Crippen molar-refractivity contribution in [2.24, 2.45) is 0 Å². The summed E-state index contributed by atoms with van der Waals surface area (Å²) in [5.74, 6) is 0.624. The molecule has 0 saturated carbocycles. The SMILES string of the molecule is N#Cc1cc2c(nc1NCc1cccc(COCC3CCCO3)c1)CCCC2=O. The minimum absolute atomic E-state index is 0.0810. The number of rotatable bonds is 7. The molecule has 1 aliphatic heterocycles. The summed E-state index contributed by atoms with van der Waals surface area (Å²) < 4.78 is 11.4. The zero-order valence-electron chi connectivity index (χ0n) is 16.4. The summed E-state index contributed by atoms with van der Waals surface area (Å²) in [7, 11) is 0. The summed E-state index contributed by atoms with van der Waals surface area (Å²) in [6.45, 7) is 2.57. The van der Waals surface area contributed by atoms with E-state index in [0.29, 0.717) is 43.1 Å². The Kier molecular flexibility index (Phi) is 6.18. The number of aryl methyl sites for hydroxylation is 1. The number of hydrogen-bond donors (Lipinski definition) is 1. The number of carbonyl (C=O) groups excluding carboxylic acids is 1. The van der Waals surface area contributed by atoms with Crippen LogP contribution in [-0.2, 0) is 29.0 Å². The lowest BCUT2D eigenvalue weighted by atomic mass is 9.93. The zero-order chi connectivity index (χ0) is 20.1. The number of ether oxygens (including phenoxy) is 2. The predicted octanol–water partition coefficient (Wildman–Crippen LogP) is 3.78. The van der Waals surface area contributed by atoms with Gasteiger partial charge in [-0.15, -0.1) is 0 Å². The molecule has 1 atom stereocenters. The van der Waals surface area contributed by atoms with Crippen molar-refractivity contribution in [2.75, 3.05) is 18.5 Å². The highest BCUT2D eigenvalue weighted by Gasteiger charge is 2.21. The maximum Gasteiger partial charge on any atom is 0.164 e. The maximum absolute atomic E-state index is 12.1. The summed E-state index contributed by atoms with van der Waals surface area (Å²) in [5, 5.41) is 12.7. The Morgan fingerprint density at radius 1 is 1.24 bits per heavy atom. The number of benzene rings is 1. The van der Waals surface area contributed by atoms with E-state index in [0.717, 1.165) is 49.1 Å². The molecular weight excluding hydrogens is 366 g/mol. The number of carbonyl (C=O) groups is 1. The Morgan fingerprint density at radius 2 is 2.14 bits per heavy atom. The normalized spacial score (nSPS) is 18.3. The Bertz CT molecular complexity index is 929. The number of pyridine rings is 1. The molecule has 0 radical (unpaired) electrons. The van der Waals surface area contributed by atoms with Crippen LogP contribution in [0.15, 0.2) is 30.3 Å². The number of ketones is 1. The van der Waals surface area contributed by atoms with E-state index < -0.39 is 0 Å². The molecule has 0 spiro atoms. The largest absolute Gasteiger partial charge is 0.376 e. The molecule has 1 N–H and O–H groups in total.